The molecule has 0 saturated carbocycles. The van der Waals surface area contributed by atoms with Gasteiger partial charge >= 0.3 is 0 Å². The summed E-state index contributed by atoms with van der Waals surface area (Å²) in [4.78, 5) is 19.2. The van der Waals surface area contributed by atoms with Crippen molar-refractivity contribution in [1.82, 2.24) is 4.98 Å². The second kappa shape index (κ2) is 7.45. The van der Waals surface area contributed by atoms with Gasteiger partial charge in [-0.1, -0.05) is 39.3 Å². The van der Waals surface area contributed by atoms with Crippen molar-refractivity contribution in [3.05, 3.63) is 52.0 Å². The molecule has 3 aromatic rings. The highest BCUT2D eigenvalue weighted by Crippen LogP contribution is 2.42. The van der Waals surface area contributed by atoms with Crippen molar-refractivity contribution in [3.8, 4) is 0 Å². The van der Waals surface area contributed by atoms with Crippen LogP contribution < -0.4 is 11.1 Å². The number of anilines is 2. The number of hydrogen-bond donors (Lipinski definition) is 2. The summed E-state index contributed by atoms with van der Waals surface area (Å²) in [6.07, 6.45) is 4.39. The topological polar surface area (TPSA) is 68.0 Å². The molecule has 5 heteroatoms. The summed E-state index contributed by atoms with van der Waals surface area (Å²) in [6, 6.07) is 9.97. The molecule has 0 bridgehead atoms. The van der Waals surface area contributed by atoms with E-state index in [4.69, 9.17) is 10.7 Å². The van der Waals surface area contributed by atoms with Crippen LogP contribution in [0.2, 0.25) is 0 Å². The fourth-order valence-electron chi connectivity index (χ4n) is 4.23. The SMILES string of the molecule is CCC(C)(C)C1CCc2nc3sc(C(=O)Nc4cccc(C)c4)c(N)c3cc2C1. The maximum Gasteiger partial charge on any atom is 0.267 e. The summed E-state index contributed by atoms with van der Waals surface area (Å²) in [5.41, 5.74) is 11.6. The lowest BCUT2D eigenvalue weighted by molar-refractivity contribution is 0.103. The molecule has 1 aromatic carbocycles. The van der Waals surface area contributed by atoms with Crippen molar-refractivity contribution >= 4 is 38.8 Å². The van der Waals surface area contributed by atoms with E-state index < -0.39 is 0 Å². The first-order valence-corrected chi connectivity index (χ1v) is 11.2. The third kappa shape index (κ3) is 3.76. The van der Waals surface area contributed by atoms with E-state index >= 15 is 0 Å². The van der Waals surface area contributed by atoms with Crippen LogP contribution in [0.3, 0.4) is 0 Å². The van der Waals surface area contributed by atoms with Crippen LogP contribution in [-0.2, 0) is 12.8 Å². The van der Waals surface area contributed by atoms with Gasteiger partial charge in [-0.2, -0.15) is 0 Å². The van der Waals surface area contributed by atoms with Crippen LogP contribution in [0.5, 0.6) is 0 Å². The number of carbonyl (C=O) groups is 1. The number of thiophene rings is 1. The number of aryl methyl sites for hydroxylation is 2. The molecule has 2 aromatic heterocycles. The second-order valence-corrected chi connectivity index (χ2v) is 9.90. The van der Waals surface area contributed by atoms with Crippen molar-refractivity contribution < 1.29 is 4.79 Å². The first kappa shape index (κ1) is 19.9. The third-order valence-electron chi connectivity index (χ3n) is 6.58. The lowest BCUT2D eigenvalue weighted by atomic mass is 9.69. The van der Waals surface area contributed by atoms with Gasteiger partial charge < -0.3 is 11.1 Å². The summed E-state index contributed by atoms with van der Waals surface area (Å²) in [6.45, 7) is 9.00. The zero-order chi connectivity index (χ0) is 20.8. The lowest BCUT2D eigenvalue weighted by Gasteiger charge is -2.36. The van der Waals surface area contributed by atoms with Gasteiger partial charge in [0.05, 0.1) is 5.69 Å². The number of carbonyl (C=O) groups excluding carboxylic acids is 1. The van der Waals surface area contributed by atoms with Gasteiger partial charge in [0.2, 0.25) is 0 Å². The molecule has 1 aliphatic carbocycles. The molecule has 4 nitrogen and oxygen atoms in total. The number of aromatic nitrogens is 1. The molecule has 3 N–H and O–H groups in total. The second-order valence-electron chi connectivity index (χ2n) is 8.90. The third-order valence-corrected chi connectivity index (χ3v) is 7.70. The Bertz CT molecular complexity index is 1080. The number of rotatable bonds is 4. The number of pyridine rings is 1. The van der Waals surface area contributed by atoms with E-state index in [1.54, 1.807) is 0 Å². The Morgan fingerprint density at radius 2 is 2.14 bits per heavy atom. The highest BCUT2D eigenvalue weighted by molar-refractivity contribution is 7.21. The molecule has 0 spiro atoms. The normalized spacial score (nSPS) is 16.6. The first-order valence-electron chi connectivity index (χ1n) is 10.4. The molecule has 0 fully saturated rings. The van der Waals surface area contributed by atoms with Gasteiger partial charge in [0.1, 0.15) is 9.71 Å². The van der Waals surface area contributed by atoms with E-state index in [9.17, 15) is 4.79 Å². The van der Waals surface area contributed by atoms with Crippen LogP contribution in [0.15, 0.2) is 30.3 Å². The van der Waals surface area contributed by atoms with Crippen molar-refractivity contribution in [2.24, 2.45) is 11.3 Å². The van der Waals surface area contributed by atoms with Crippen molar-refractivity contribution in [3.63, 3.8) is 0 Å². The number of nitrogen functional groups attached to an aromatic ring is 1. The van der Waals surface area contributed by atoms with Crippen LogP contribution >= 0.6 is 11.3 Å². The Kier molecular flexibility index (Phi) is 5.11. The molecule has 1 unspecified atom stereocenters. The van der Waals surface area contributed by atoms with E-state index in [2.05, 4.69) is 32.2 Å². The number of nitrogens with one attached hydrogen (secondary N) is 1. The predicted molar refractivity (Wildman–Crippen MR) is 123 cm³/mol. The molecule has 29 heavy (non-hydrogen) atoms. The van der Waals surface area contributed by atoms with Gasteiger partial charge in [-0.05, 0) is 66.8 Å². The maximum atomic E-state index is 12.9. The summed E-state index contributed by atoms with van der Waals surface area (Å²) in [7, 11) is 0. The molecule has 1 amide bonds. The minimum absolute atomic E-state index is 0.168. The Morgan fingerprint density at radius 3 is 2.86 bits per heavy atom. The van der Waals surface area contributed by atoms with Crippen molar-refractivity contribution in [2.45, 2.75) is 53.4 Å². The Labute approximate surface area is 176 Å². The number of benzene rings is 1. The van der Waals surface area contributed by atoms with Crippen LogP contribution in [0.4, 0.5) is 11.4 Å². The molecule has 1 atom stereocenters. The molecular formula is C24H29N3OS. The standard InChI is InChI=1S/C24H29N3OS/c1-5-24(3,4)16-9-10-19-15(12-16)13-18-20(25)21(29-23(18)27-19)22(28)26-17-8-6-7-14(2)11-17/h6-8,11,13,16H,5,9-10,12,25H2,1-4H3,(H,26,28). The van der Waals surface area contributed by atoms with Gasteiger partial charge in [-0.3, -0.25) is 4.79 Å². The highest BCUT2D eigenvalue weighted by atomic mass is 32.1. The van der Waals surface area contributed by atoms with E-state index in [0.29, 0.717) is 21.9 Å². The minimum atomic E-state index is -0.168. The smallest absolute Gasteiger partial charge is 0.267 e. The average molecular weight is 408 g/mol. The highest BCUT2D eigenvalue weighted by Gasteiger charge is 2.32. The van der Waals surface area contributed by atoms with E-state index in [-0.39, 0.29) is 5.91 Å². The van der Waals surface area contributed by atoms with Crippen LogP contribution in [0.1, 0.15) is 60.1 Å². The molecule has 2 heterocycles. The van der Waals surface area contributed by atoms with Crippen LogP contribution in [0.25, 0.3) is 10.2 Å². The quantitative estimate of drug-likeness (QED) is 0.559. The summed E-state index contributed by atoms with van der Waals surface area (Å²) in [5.74, 6) is 0.488. The van der Waals surface area contributed by atoms with Gasteiger partial charge in [0.15, 0.2) is 0 Å². The fraction of sp³-hybridized carbons (Fsp3) is 0.417. The Balaban J connectivity index is 1.65. The Morgan fingerprint density at radius 1 is 1.34 bits per heavy atom. The molecular weight excluding hydrogens is 378 g/mol. The zero-order valence-electron chi connectivity index (χ0n) is 17.6. The summed E-state index contributed by atoms with van der Waals surface area (Å²) < 4.78 is 0. The first-order chi connectivity index (χ1) is 13.8. The number of nitrogens with two attached hydrogens (primary N) is 1. The summed E-state index contributed by atoms with van der Waals surface area (Å²) >= 11 is 1.39. The maximum absolute atomic E-state index is 12.9. The van der Waals surface area contributed by atoms with Gasteiger partial charge in [0, 0.05) is 16.8 Å². The molecule has 152 valence electrons. The van der Waals surface area contributed by atoms with Gasteiger partial charge in [-0.25, -0.2) is 4.98 Å². The largest absolute Gasteiger partial charge is 0.397 e. The molecule has 0 radical (unpaired) electrons. The zero-order valence-corrected chi connectivity index (χ0v) is 18.5. The van der Waals surface area contributed by atoms with Crippen molar-refractivity contribution in [2.75, 3.05) is 11.1 Å². The average Bonchev–Trinajstić information content (AvgIpc) is 3.01. The molecule has 4 rings (SSSR count). The molecule has 0 aliphatic heterocycles. The van der Waals surface area contributed by atoms with Crippen molar-refractivity contribution in [1.29, 1.82) is 0 Å². The molecule has 1 aliphatic rings. The molecule has 0 saturated heterocycles. The number of hydrogen-bond acceptors (Lipinski definition) is 4. The number of fused-ring (bicyclic) bond motifs is 2. The summed E-state index contributed by atoms with van der Waals surface area (Å²) in [5, 5.41) is 3.88. The van der Waals surface area contributed by atoms with Crippen LogP contribution in [0, 0.1) is 18.3 Å². The van der Waals surface area contributed by atoms with Crippen LogP contribution in [-0.4, -0.2) is 10.9 Å². The lowest BCUT2D eigenvalue weighted by Crippen LogP contribution is -2.29. The van der Waals surface area contributed by atoms with Gasteiger partial charge in [-0.15, -0.1) is 11.3 Å². The van der Waals surface area contributed by atoms with E-state index in [0.717, 1.165) is 34.3 Å². The van der Waals surface area contributed by atoms with E-state index in [1.807, 2.05) is 31.2 Å². The monoisotopic (exact) mass is 407 g/mol. The minimum Gasteiger partial charge on any atom is -0.397 e. The Hall–Kier alpha value is -2.40. The van der Waals surface area contributed by atoms with E-state index in [1.165, 1.54) is 35.4 Å². The number of nitrogens with zero attached hydrogens (tertiary/aromatic N) is 1. The van der Waals surface area contributed by atoms with Gasteiger partial charge in [0.25, 0.3) is 5.91 Å². The predicted octanol–water partition coefficient (Wildman–Crippen LogP) is 5.98. The number of amides is 1. The fourth-order valence-corrected chi connectivity index (χ4v) is 5.22.